The van der Waals surface area contributed by atoms with Crippen LogP contribution in [0.2, 0.25) is 10.0 Å². The average molecular weight is 397 g/mol. The van der Waals surface area contributed by atoms with E-state index in [0.717, 1.165) is 25.7 Å². The number of aromatic nitrogens is 3. The second kappa shape index (κ2) is 7.17. The van der Waals surface area contributed by atoms with Gasteiger partial charge in [-0.15, -0.1) is 10.2 Å². The number of amides is 1. The summed E-state index contributed by atoms with van der Waals surface area (Å²) < 4.78 is 1.74. The van der Waals surface area contributed by atoms with Gasteiger partial charge in [-0.2, -0.15) is 0 Å². The summed E-state index contributed by atoms with van der Waals surface area (Å²) in [6.45, 7) is 0. The van der Waals surface area contributed by atoms with Crippen LogP contribution < -0.4 is 0 Å². The number of halogens is 2. The molecule has 2 aromatic heterocycles. The fraction of sp³-hybridized carbons (Fsp3) is 0.471. The third-order valence-electron chi connectivity index (χ3n) is 4.48. The van der Waals surface area contributed by atoms with Gasteiger partial charge in [-0.3, -0.25) is 9.20 Å². The largest absolute Gasteiger partial charge is 0.313 e. The van der Waals surface area contributed by atoms with E-state index in [0.29, 0.717) is 32.6 Å². The number of carbonyl (C=O) groups is 1. The minimum atomic E-state index is 0.144. The molecule has 4 rings (SSSR count). The summed E-state index contributed by atoms with van der Waals surface area (Å²) in [5.41, 5.74) is 1.76. The molecule has 2 heterocycles. The Kier molecular flexibility index (Phi) is 4.93. The molecule has 1 fully saturated rings. The van der Waals surface area contributed by atoms with Crippen molar-refractivity contribution in [3.05, 3.63) is 34.1 Å². The monoisotopic (exact) mass is 396 g/mol. The Labute approximate surface area is 160 Å². The molecule has 0 atom stereocenters. The minimum absolute atomic E-state index is 0.144. The summed E-state index contributed by atoms with van der Waals surface area (Å²) in [7, 11) is 0. The number of fused-ring (bicyclic) bond motifs is 1. The van der Waals surface area contributed by atoms with E-state index in [-0.39, 0.29) is 5.91 Å². The number of pyridine rings is 1. The first-order valence-corrected chi connectivity index (χ1v) is 10.2. The normalized spacial score (nSPS) is 17.6. The molecular formula is C17H18Cl2N4OS. The molecule has 0 saturated heterocycles. The average Bonchev–Trinajstić information content (AvgIpc) is 3.34. The maximum Gasteiger partial charge on any atom is 0.237 e. The Hall–Kier alpha value is -1.24. The minimum Gasteiger partial charge on any atom is -0.313 e. The highest BCUT2D eigenvalue weighted by molar-refractivity contribution is 7.99. The SMILES string of the molecule is O=C(CSc1nnc2c(Cl)cc(Cl)cn12)N(C1=CCCCC1)C1CC1. The lowest BCUT2D eigenvalue weighted by Gasteiger charge is -2.27. The van der Waals surface area contributed by atoms with E-state index in [1.807, 2.05) is 4.90 Å². The molecule has 132 valence electrons. The van der Waals surface area contributed by atoms with Crippen molar-refractivity contribution in [3.8, 4) is 0 Å². The number of carbonyl (C=O) groups excluding carboxylic acids is 1. The fourth-order valence-corrected chi connectivity index (χ4v) is 4.45. The summed E-state index contributed by atoms with van der Waals surface area (Å²) >= 11 is 13.6. The number of allylic oxidation sites excluding steroid dienone is 2. The van der Waals surface area contributed by atoms with Gasteiger partial charge in [0.25, 0.3) is 0 Å². The van der Waals surface area contributed by atoms with Gasteiger partial charge in [-0.1, -0.05) is 41.0 Å². The number of thioether (sulfide) groups is 1. The van der Waals surface area contributed by atoms with Gasteiger partial charge in [0, 0.05) is 17.9 Å². The van der Waals surface area contributed by atoms with Gasteiger partial charge in [0.1, 0.15) is 0 Å². The lowest BCUT2D eigenvalue weighted by molar-refractivity contribution is -0.127. The van der Waals surface area contributed by atoms with Crippen molar-refractivity contribution >= 4 is 46.5 Å². The maximum atomic E-state index is 12.8. The first kappa shape index (κ1) is 17.2. The third-order valence-corrected chi connectivity index (χ3v) is 5.89. The Morgan fingerprint density at radius 1 is 1.32 bits per heavy atom. The van der Waals surface area contributed by atoms with Gasteiger partial charge in [0.2, 0.25) is 5.91 Å². The van der Waals surface area contributed by atoms with Gasteiger partial charge in [0.05, 0.1) is 15.8 Å². The van der Waals surface area contributed by atoms with Crippen molar-refractivity contribution in [1.29, 1.82) is 0 Å². The van der Waals surface area contributed by atoms with Crippen LogP contribution >= 0.6 is 35.0 Å². The molecule has 0 aliphatic heterocycles. The number of hydrogen-bond donors (Lipinski definition) is 0. The number of rotatable bonds is 5. The molecule has 5 nitrogen and oxygen atoms in total. The molecule has 2 aliphatic rings. The number of hydrogen-bond acceptors (Lipinski definition) is 4. The quantitative estimate of drug-likeness (QED) is 0.694. The molecule has 25 heavy (non-hydrogen) atoms. The molecule has 0 unspecified atom stereocenters. The summed E-state index contributed by atoms with van der Waals surface area (Å²) in [5, 5.41) is 9.82. The fourth-order valence-electron chi connectivity index (χ4n) is 3.17. The van der Waals surface area contributed by atoms with Crippen LogP contribution in [0.3, 0.4) is 0 Å². The van der Waals surface area contributed by atoms with Crippen molar-refractivity contribution in [2.24, 2.45) is 0 Å². The highest BCUT2D eigenvalue weighted by atomic mass is 35.5. The smallest absolute Gasteiger partial charge is 0.237 e. The van der Waals surface area contributed by atoms with E-state index in [9.17, 15) is 4.79 Å². The summed E-state index contributed by atoms with van der Waals surface area (Å²) in [5.74, 6) is 0.476. The summed E-state index contributed by atoms with van der Waals surface area (Å²) in [6.07, 6.45) is 10.6. The zero-order valence-electron chi connectivity index (χ0n) is 13.6. The Balaban J connectivity index is 1.50. The molecule has 8 heteroatoms. The van der Waals surface area contributed by atoms with E-state index in [2.05, 4.69) is 16.3 Å². The van der Waals surface area contributed by atoms with E-state index in [1.165, 1.54) is 30.3 Å². The second-order valence-corrected chi connectivity index (χ2v) is 8.19. The van der Waals surface area contributed by atoms with Crippen LogP contribution in [0.1, 0.15) is 38.5 Å². The zero-order chi connectivity index (χ0) is 17.4. The summed E-state index contributed by atoms with van der Waals surface area (Å²) in [4.78, 5) is 14.9. The maximum absolute atomic E-state index is 12.8. The molecular weight excluding hydrogens is 379 g/mol. The van der Waals surface area contributed by atoms with Crippen molar-refractivity contribution in [3.63, 3.8) is 0 Å². The predicted octanol–water partition coefficient (Wildman–Crippen LogP) is 4.58. The van der Waals surface area contributed by atoms with Crippen molar-refractivity contribution in [2.75, 3.05) is 5.75 Å². The van der Waals surface area contributed by atoms with Gasteiger partial charge < -0.3 is 4.90 Å². The molecule has 1 saturated carbocycles. The highest BCUT2D eigenvalue weighted by Crippen LogP contribution is 2.34. The molecule has 2 aliphatic carbocycles. The van der Waals surface area contributed by atoms with E-state index >= 15 is 0 Å². The van der Waals surface area contributed by atoms with E-state index < -0.39 is 0 Å². The molecule has 1 amide bonds. The second-order valence-electron chi connectivity index (χ2n) is 6.41. The van der Waals surface area contributed by atoms with Crippen LogP contribution in [0, 0.1) is 0 Å². The van der Waals surface area contributed by atoms with Crippen LogP contribution in [-0.2, 0) is 4.79 Å². The topological polar surface area (TPSA) is 50.5 Å². The van der Waals surface area contributed by atoms with Crippen LogP contribution in [0.4, 0.5) is 0 Å². The first-order valence-electron chi connectivity index (χ1n) is 8.47. The standard InChI is InChI=1S/C17H18Cl2N4OS/c18-11-8-14(19)16-20-21-17(22(16)9-11)25-10-15(24)23(13-6-7-13)12-4-2-1-3-5-12/h4,8-9,13H,1-3,5-7,10H2. The highest BCUT2D eigenvalue weighted by Gasteiger charge is 2.35. The number of nitrogens with zero attached hydrogens (tertiary/aromatic N) is 4. The molecule has 0 radical (unpaired) electrons. The van der Waals surface area contributed by atoms with Crippen molar-refractivity contribution < 1.29 is 4.79 Å². The van der Waals surface area contributed by atoms with E-state index in [1.54, 1.807) is 16.7 Å². The lowest BCUT2D eigenvalue weighted by Crippen LogP contribution is -2.34. The Morgan fingerprint density at radius 3 is 2.88 bits per heavy atom. The van der Waals surface area contributed by atoms with Crippen LogP contribution in [0.5, 0.6) is 0 Å². The zero-order valence-corrected chi connectivity index (χ0v) is 15.9. The van der Waals surface area contributed by atoms with Crippen LogP contribution in [0.15, 0.2) is 29.2 Å². The van der Waals surface area contributed by atoms with Gasteiger partial charge >= 0.3 is 0 Å². The molecule has 0 spiro atoms. The van der Waals surface area contributed by atoms with Crippen LogP contribution in [-0.4, -0.2) is 37.2 Å². The molecule has 0 bridgehead atoms. The van der Waals surface area contributed by atoms with Crippen molar-refractivity contribution in [2.45, 2.75) is 49.7 Å². The van der Waals surface area contributed by atoms with E-state index in [4.69, 9.17) is 23.2 Å². The summed E-state index contributed by atoms with van der Waals surface area (Å²) in [6, 6.07) is 2.02. The first-order chi connectivity index (χ1) is 12.1. The third kappa shape index (κ3) is 3.66. The van der Waals surface area contributed by atoms with Crippen molar-refractivity contribution in [1.82, 2.24) is 19.5 Å². The van der Waals surface area contributed by atoms with Gasteiger partial charge in [0.15, 0.2) is 10.8 Å². The molecule has 0 N–H and O–H groups in total. The Morgan fingerprint density at radius 2 is 2.16 bits per heavy atom. The lowest BCUT2D eigenvalue weighted by atomic mass is 10.0. The van der Waals surface area contributed by atoms with Gasteiger partial charge in [-0.05, 0) is 44.6 Å². The predicted molar refractivity (Wildman–Crippen MR) is 100 cm³/mol. The molecule has 0 aromatic carbocycles. The van der Waals surface area contributed by atoms with Crippen LogP contribution in [0.25, 0.3) is 5.65 Å². The molecule has 2 aromatic rings. The van der Waals surface area contributed by atoms with Gasteiger partial charge in [-0.25, -0.2) is 0 Å². The Bertz CT molecular complexity index is 847.